The van der Waals surface area contributed by atoms with Gasteiger partial charge in [0, 0.05) is 12.1 Å². The minimum Gasteiger partial charge on any atom is -0.330 e. The van der Waals surface area contributed by atoms with Gasteiger partial charge >= 0.3 is 0 Å². The average molecular weight is 246 g/mol. The van der Waals surface area contributed by atoms with Gasteiger partial charge in [-0.1, -0.05) is 29.8 Å². The van der Waals surface area contributed by atoms with Crippen LogP contribution in [-0.2, 0) is 6.54 Å². The van der Waals surface area contributed by atoms with Crippen LogP contribution in [0.15, 0.2) is 24.3 Å². The normalized spacial score (nSPS) is 23.4. The van der Waals surface area contributed by atoms with Gasteiger partial charge in [0.25, 0.3) is 0 Å². The summed E-state index contributed by atoms with van der Waals surface area (Å²) >= 11 is 0. The van der Waals surface area contributed by atoms with Crippen LogP contribution in [0.25, 0.3) is 0 Å². The predicted octanol–water partition coefficient (Wildman–Crippen LogP) is 2.94. The number of aryl methyl sites for hydroxylation is 1. The van der Waals surface area contributed by atoms with Crippen LogP contribution < -0.4 is 5.73 Å². The Morgan fingerprint density at radius 3 is 2.56 bits per heavy atom. The number of likely N-dealkylation sites (tertiary alicyclic amines) is 1. The van der Waals surface area contributed by atoms with Gasteiger partial charge in [-0.2, -0.15) is 0 Å². The fourth-order valence-electron chi connectivity index (χ4n) is 3.11. The molecule has 0 radical (unpaired) electrons. The van der Waals surface area contributed by atoms with Gasteiger partial charge in [-0.05, 0) is 58.2 Å². The van der Waals surface area contributed by atoms with Gasteiger partial charge in [0.15, 0.2) is 0 Å². The number of hydrogen-bond donors (Lipinski definition) is 1. The molecule has 18 heavy (non-hydrogen) atoms. The Bertz CT molecular complexity index is 381. The molecular weight excluding hydrogens is 220 g/mol. The van der Waals surface area contributed by atoms with Crippen LogP contribution in [0.2, 0.25) is 0 Å². The molecule has 100 valence electrons. The van der Waals surface area contributed by atoms with Gasteiger partial charge in [-0.25, -0.2) is 0 Å². The molecule has 2 nitrogen and oxygen atoms in total. The lowest BCUT2D eigenvalue weighted by Gasteiger charge is -2.36. The maximum Gasteiger partial charge on any atom is 0.0239 e. The summed E-state index contributed by atoms with van der Waals surface area (Å²) in [6.45, 7) is 9.95. The molecule has 2 rings (SSSR count). The zero-order chi connectivity index (χ0) is 13.2. The summed E-state index contributed by atoms with van der Waals surface area (Å²) in [7, 11) is 0. The van der Waals surface area contributed by atoms with E-state index >= 15 is 0 Å². The van der Waals surface area contributed by atoms with E-state index in [-0.39, 0.29) is 5.54 Å². The monoisotopic (exact) mass is 246 g/mol. The first-order valence-corrected chi connectivity index (χ1v) is 7.04. The van der Waals surface area contributed by atoms with Crippen molar-refractivity contribution in [3.63, 3.8) is 0 Å². The van der Waals surface area contributed by atoms with Crippen molar-refractivity contribution in [2.75, 3.05) is 13.1 Å². The van der Waals surface area contributed by atoms with Crippen molar-refractivity contribution in [1.82, 2.24) is 4.90 Å². The highest BCUT2D eigenvalue weighted by atomic mass is 15.2. The van der Waals surface area contributed by atoms with Crippen LogP contribution in [0, 0.1) is 12.8 Å². The summed E-state index contributed by atoms with van der Waals surface area (Å²) in [5, 5.41) is 0. The molecule has 0 amide bonds. The van der Waals surface area contributed by atoms with E-state index in [2.05, 4.69) is 49.9 Å². The molecule has 0 aromatic heterocycles. The van der Waals surface area contributed by atoms with Crippen molar-refractivity contribution in [3.05, 3.63) is 35.4 Å². The summed E-state index contributed by atoms with van der Waals surface area (Å²) in [6.07, 6.45) is 2.44. The third kappa shape index (κ3) is 2.76. The molecule has 1 heterocycles. The molecule has 0 bridgehead atoms. The lowest BCUT2D eigenvalue weighted by Crippen LogP contribution is -2.42. The third-order valence-corrected chi connectivity index (χ3v) is 4.57. The molecule has 0 saturated carbocycles. The Morgan fingerprint density at radius 1 is 1.28 bits per heavy atom. The molecule has 1 saturated heterocycles. The highest BCUT2D eigenvalue weighted by Crippen LogP contribution is 2.37. The maximum atomic E-state index is 5.73. The van der Waals surface area contributed by atoms with Crippen molar-refractivity contribution in [3.8, 4) is 0 Å². The van der Waals surface area contributed by atoms with Gasteiger partial charge in [0.1, 0.15) is 0 Å². The number of nitrogens with zero attached hydrogens (tertiary/aromatic N) is 1. The fourth-order valence-corrected chi connectivity index (χ4v) is 3.11. The highest BCUT2D eigenvalue weighted by molar-refractivity contribution is 5.21. The number of nitrogens with two attached hydrogens (primary N) is 1. The van der Waals surface area contributed by atoms with Crippen LogP contribution in [0.1, 0.15) is 37.8 Å². The molecule has 0 aliphatic carbocycles. The molecule has 2 heteroatoms. The zero-order valence-corrected chi connectivity index (χ0v) is 11.9. The van der Waals surface area contributed by atoms with Crippen molar-refractivity contribution >= 4 is 0 Å². The highest BCUT2D eigenvalue weighted by Gasteiger charge is 2.40. The number of benzene rings is 1. The summed E-state index contributed by atoms with van der Waals surface area (Å²) < 4.78 is 0. The number of rotatable bonds is 4. The van der Waals surface area contributed by atoms with Gasteiger partial charge in [0.05, 0.1) is 0 Å². The minimum absolute atomic E-state index is 0.282. The molecule has 1 fully saturated rings. The van der Waals surface area contributed by atoms with E-state index in [0.717, 1.165) is 25.4 Å². The Hall–Kier alpha value is -0.860. The first-order valence-electron chi connectivity index (χ1n) is 7.04. The molecule has 1 unspecified atom stereocenters. The van der Waals surface area contributed by atoms with Crippen LogP contribution in [0.5, 0.6) is 0 Å². The van der Waals surface area contributed by atoms with Crippen LogP contribution in [0.3, 0.4) is 0 Å². The Balaban J connectivity index is 2.04. The second kappa shape index (κ2) is 5.41. The fraction of sp³-hybridized carbons (Fsp3) is 0.625. The first-order chi connectivity index (χ1) is 8.54. The SMILES string of the molecule is Cc1ccc(CN2CCC(CCN)C2(C)C)cc1. The van der Waals surface area contributed by atoms with Gasteiger partial charge < -0.3 is 5.73 Å². The van der Waals surface area contributed by atoms with Crippen molar-refractivity contribution in [2.24, 2.45) is 11.7 Å². The van der Waals surface area contributed by atoms with E-state index in [4.69, 9.17) is 5.73 Å². The molecule has 1 aliphatic rings. The summed E-state index contributed by atoms with van der Waals surface area (Å²) in [6, 6.07) is 8.91. The van der Waals surface area contributed by atoms with Crippen molar-refractivity contribution in [1.29, 1.82) is 0 Å². The van der Waals surface area contributed by atoms with Crippen LogP contribution in [-0.4, -0.2) is 23.5 Å². The summed E-state index contributed by atoms with van der Waals surface area (Å²) in [4.78, 5) is 2.61. The van der Waals surface area contributed by atoms with E-state index in [0.29, 0.717) is 0 Å². The topological polar surface area (TPSA) is 29.3 Å². The lowest BCUT2D eigenvalue weighted by molar-refractivity contribution is 0.127. The molecule has 1 atom stereocenters. The maximum absolute atomic E-state index is 5.73. The van der Waals surface area contributed by atoms with E-state index in [1.165, 1.54) is 24.1 Å². The Labute approximate surface area is 111 Å². The third-order valence-electron chi connectivity index (χ3n) is 4.57. The average Bonchev–Trinajstić information content (AvgIpc) is 2.60. The van der Waals surface area contributed by atoms with Crippen LogP contribution in [0.4, 0.5) is 0 Å². The van der Waals surface area contributed by atoms with Gasteiger partial charge in [-0.3, -0.25) is 4.90 Å². The summed E-state index contributed by atoms with van der Waals surface area (Å²) in [5.41, 5.74) is 8.76. The zero-order valence-electron chi connectivity index (χ0n) is 11.9. The predicted molar refractivity (Wildman–Crippen MR) is 77.4 cm³/mol. The van der Waals surface area contributed by atoms with E-state index in [9.17, 15) is 0 Å². The van der Waals surface area contributed by atoms with E-state index in [1.807, 2.05) is 0 Å². The Morgan fingerprint density at radius 2 is 1.94 bits per heavy atom. The molecule has 1 aromatic rings. The van der Waals surface area contributed by atoms with E-state index in [1.54, 1.807) is 0 Å². The molecule has 0 spiro atoms. The smallest absolute Gasteiger partial charge is 0.0239 e. The van der Waals surface area contributed by atoms with E-state index < -0.39 is 0 Å². The van der Waals surface area contributed by atoms with Gasteiger partial charge in [0.2, 0.25) is 0 Å². The number of hydrogen-bond acceptors (Lipinski definition) is 2. The molecule has 1 aliphatic heterocycles. The second-order valence-electron chi connectivity index (χ2n) is 6.12. The lowest BCUT2D eigenvalue weighted by atomic mass is 9.86. The largest absolute Gasteiger partial charge is 0.330 e. The molecule has 1 aromatic carbocycles. The molecule has 2 N–H and O–H groups in total. The van der Waals surface area contributed by atoms with Gasteiger partial charge in [-0.15, -0.1) is 0 Å². The van der Waals surface area contributed by atoms with Crippen molar-refractivity contribution in [2.45, 2.75) is 45.7 Å². The quantitative estimate of drug-likeness (QED) is 0.885. The Kier molecular flexibility index (Phi) is 4.08. The van der Waals surface area contributed by atoms with Crippen LogP contribution >= 0.6 is 0 Å². The standard InChI is InChI=1S/C16H26N2/c1-13-4-6-14(7-5-13)12-18-11-9-15(8-10-17)16(18,2)3/h4-7,15H,8-12,17H2,1-3H3. The van der Waals surface area contributed by atoms with Crippen molar-refractivity contribution < 1.29 is 0 Å². The summed E-state index contributed by atoms with van der Waals surface area (Å²) in [5.74, 6) is 0.743. The minimum atomic E-state index is 0.282. The first kappa shape index (κ1) is 13.6. The second-order valence-corrected chi connectivity index (χ2v) is 6.12. The molecular formula is C16H26N2.